The van der Waals surface area contributed by atoms with E-state index in [2.05, 4.69) is 22.1 Å². The normalized spacial score (nSPS) is 24.0. The van der Waals surface area contributed by atoms with Gasteiger partial charge in [-0.2, -0.15) is 9.78 Å². The van der Waals surface area contributed by atoms with Crippen LogP contribution in [0.4, 0.5) is 4.79 Å². The molecule has 1 aromatic carbocycles. The second kappa shape index (κ2) is 7.00. The number of carbonyl (C=O) groups excluding carboxylic acids is 1. The van der Waals surface area contributed by atoms with Crippen LogP contribution in [0.1, 0.15) is 17.5 Å². The summed E-state index contributed by atoms with van der Waals surface area (Å²) in [6.45, 7) is 4.36. The van der Waals surface area contributed by atoms with Crippen LogP contribution in [-0.2, 0) is 6.54 Å². The van der Waals surface area contributed by atoms with Crippen LogP contribution in [0.3, 0.4) is 0 Å². The van der Waals surface area contributed by atoms with Gasteiger partial charge in [-0.3, -0.25) is 4.90 Å². The maximum absolute atomic E-state index is 12.6. The summed E-state index contributed by atoms with van der Waals surface area (Å²) < 4.78 is 1.26. The SMILES string of the molecule is NC(O)c1ccn(C(=O)N2CC3CN(Cc4ccc(Cl)cc4)CC3C2)n1. The summed E-state index contributed by atoms with van der Waals surface area (Å²) in [5.41, 5.74) is 6.94. The molecule has 0 radical (unpaired) electrons. The highest BCUT2D eigenvalue weighted by Gasteiger charge is 2.41. The number of fused-ring (bicyclic) bond motifs is 1. The van der Waals surface area contributed by atoms with Gasteiger partial charge in [0.15, 0.2) is 0 Å². The standard InChI is InChI=1S/C18H22ClN5O2/c19-15-3-1-12(2-4-15)7-22-8-13-10-23(11-14(13)9-22)18(26)24-6-5-16(21-24)17(20)25/h1-6,13-14,17,25H,7-11,20H2. The number of nitrogens with two attached hydrogens (primary N) is 1. The van der Waals surface area contributed by atoms with Gasteiger partial charge in [-0.1, -0.05) is 23.7 Å². The van der Waals surface area contributed by atoms with Crippen molar-refractivity contribution < 1.29 is 9.90 Å². The zero-order valence-electron chi connectivity index (χ0n) is 14.3. The molecule has 0 saturated carbocycles. The van der Waals surface area contributed by atoms with Gasteiger partial charge < -0.3 is 15.7 Å². The molecule has 2 aromatic rings. The van der Waals surface area contributed by atoms with Crippen molar-refractivity contribution in [3.8, 4) is 0 Å². The molecule has 138 valence electrons. The maximum atomic E-state index is 12.6. The monoisotopic (exact) mass is 375 g/mol. The Labute approximate surface area is 156 Å². The van der Waals surface area contributed by atoms with Crippen molar-refractivity contribution in [3.63, 3.8) is 0 Å². The first kappa shape index (κ1) is 17.5. The van der Waals surface area contributed by atoms with Crippen LogP contribution in [0.2, 0.25) is 5.02 Å². The molecular weight excluding hydrogens is 354 g/mol. The Kier molecular flexibility index (Phi) is 4.71. The Balaban J connectivity index is 1.34. The van der Waals surface area contributed by atoms with E-state index in [1.165, 1.54) is 10.2 Å². The Bertz CT molecular complexity index is 777. The van der Waals surface area contributed by atoms with Gasteiger partial charge in [-0.05, 0) is 35.6 Å². The van der Waals surface area contributed by atoms with E-state index < -0.39 is 6.23 Å². The van der Waals surface area contributed by atoms with Gasteiger partial charge in [-0.25, -0.2) is 4.79 Å². The minimum Gasteiger partial charge on any atom is -0.373 e. The van der Waals surface area contributed by atoms with E-state index in [-0.39, 0.29) is 6.03 Å². The predicted molar refractivity (Wildman–Crippen MR) is 97.5 cm³/mol. The Morgan fingerprint density at radius 3 is 2.42 bits per heavy atom. The number of aromatic nitrogens is 2. The van der Waals surface area contributed by atoms with E-state index >= 15 is 0 Å². The van der Waals surface area contributed by atoms with E-state index in [4.69, 9.17) is 17.3 Å². The Morgan fingerprint density at radius 1 is 1.19 bits per heavy atom. The number of likely N-dealkylation sites (tertiary alicyclic amines) is 2. The quantitative estimate of drug-likeness (QED) is 0.794. The average molecular weight is 376 g/mol. The molecule has 2 aliphatic rings. The van der Waals surface area contributed by atoms with Gasteiger partial charge in [0.25, 0.3) is 0 Å². The molecule has 3 unspecified atom stereocenters. The molecule has 2 fully saturated rings. The lowest BCUT2D eigenvalue weighted by Gasteiger charge is -2.21. The smallest absolute Gasteiger partial charge is 0.344 e. The first-order chi connectivity index (χ1) is 12.5. The summed E-state index contributed by atoms with van der Waals surface area (Å²) in [5.74, 6) is 0.975. The molecule has 3 heterocycles. The minimum absolute atomic E-state index is 0.157. The fourth-order valence-electron chi connectivity index (χ4n) is 3.97. The number of hydrogen-bond acceptors (Lipinski definition) is 5. The lowest BCUT2D eigenvalue weighted by Crippen LogP contribution is -2.36. The third kappa shape index (κ3) is 3.48. The van der Waals surface area contributed by atoms with Crippen LogP contribution in [0.15, 0.2) is 36.5 Å². The maximum Gasteiger partial charge on any atom is 0.344 e. The highest BCUT2D eigenvalue weighted by Crippen LogP contribution is 2.32. The van der Waals surface area contributed by atoms with Crippen molar-refractivity contribution >= 4 is 17.6 Å². The van der Waals surface area contributed by atoms with E-state index in [0.717, 1.165) is 37.7 Å². The molecule has 1 aromatic heterocycles. The van der Waals surface area contributed by atoms with E-state index in [9.17, 15) is 9.90 Å². The van der Waals surface area contributed by atoms with Gasteiger partial charge in [-0.15, -0.1) is 0 Å². The molecular formula is C18H22ClN5O2. The number of aliphatic hydroxyl groups is 1. The van der Waals surface area contributed by atoms with Crippen LogP contribution < -0.4 is 5.73 Å². The summed E-state index contributed by atoms with van der Waals surface area (Å²) in [4.78, 5) is 16.9. The summed E-state index contributed by atoms with van der Waals surface area (Å²) in [6.07, 6.45) is 0.387. The van der Waals surface area contributed by atoms with Crippen LogP contribution in [0.25, 0.3) is 0 Å². The van der Waals surface area contributed by atoms with E-state index in [1.54, 1.807) is 12.3 Å². The summed E-state index contributed by atoms with van der Waals surface area (Å²) in [6, 6.07) is 9.37. The summed E-state index contributed by atoms with van der Waals surface area (Å²) >= 11 is 5.94. The Morgan fingerprint density at radius 2 is 1.85 bits per heavy atom. The number of halogens is 1. The molecule has 7 nitrogen and oxygen atoms in total. The first-order valence-corrected chi connectivity index (χ1v) is 9.12. The van der Waals surface area contributed by atoms with Gasteiger partial charge in [0, 0.05) is 43.9 Å². The van der Waals surface area contributed by atoms with Gasteiger partial charge in [0.1, 0.15) is 11.9 Å². The predicted octanol–water partition coefficient (Wildman–Crippen LogP) is 1.52. The number of benzene rings is 1. The Hall–Kier alpha value is -1.93. The third-order valence-electron chi connectivity index (χ3n) is 5.26. The van der Waals surface area contributed by atoms with Gasteiger partial charge in [0.2, 0.25) is 0 Å². The molecule has 8 heteroatoms. The molecule has 3 atom stereocenters. The zero-order chi connectivity index (χ0) is 18.3. The largest absolute Gasteiger partial charge is 0.373 e. The van der Waals surface area contributed by atoms with Gasteiger partial charge in [0.05, 0.1) is 0 Å². The number of rotatable bonds is 3. The number of aliphatic hydroxyl groups excluding tert-OH is 1. The number of hydrogen-bond donors (Lipinski definition) is 2. The van der Waals surface area contributed by atoms with Crippen molar-refractivity contribution in [2.24, 2.45) is 17.6 Å². The van der Waals surface area contributed by atoms with Crippen molar-refractivity contribution in [2.45, 2.75) is 12.8 Å². The van der Waals surface area contributed by atoms with Crippen molar-refractivity contribution in [1.29, 1.82) is 0 Å². The van der Waals surface area contributed by atoms with E-state index in [0.29, 0.717) is 17.5 Å². The topological polar surface area (TPSA) is 87.6 Å². The molecule has 4 rings (SSSR count). The zero-order valence-corrected chi connectivity index (χ0v) is 15.1. The third-order valence-corrected chi connectivity index (χ3v) is 5.51. The van der Waals surface area contributed by atoms with Crippen molar-refractivity contribution in [3.05, 3.63) is 52.8 Å². The molecule has 2 aliphatic heterocycles. The average Bonchev–Trinajstić information content (AvgIpc) is 3.30. The van der Waals surface area contributed by atoms with Gasteiger partial charge >= 0.3 is 6.03 Å². The fraction of sp³-hybridized carbons (Fsp3) is 0.444. The van der Waals surface area contributed by atoms with Crippen LogP contribution in [0.5, 0.6) is 0 Å². The molecule has 1 amide bonds. The van der Waals surface area contributed by atoms with Crippen molar-refractivity contribution in [2.75, 3.05) is 26.2 Å². The highest BCUT2D eigenvalue weighted by molar-refractivity contribution is 6.30. The lowest BCUT2D eigenvalue weighted by molar-refractivity contribution is 0.178. The molecule has 0 aliphatic carbocycles. The highest BCUT2D eigenvalue weighted by atomic mass is 35.5. The lowest BCUT2D eigenvalue weighted by atomic mass is 10.0. The number of nitrogens with zero attached hydrogens (tertiary/aromatic N) is 4. The van der Waals surface area contributed by atoms with Crippen LogP contribution in [-0.4, -0.2) is 56.9 Å². The minimum atomic E-state index is -1.16. The number of carbonyl (C=O) groups is 1. The molecule has 3 N–H and O–H groups in total. The second-order valence-electron chi connectivity index (χ2n) is 7.16. The second-order valence-corrected chi connectivity index (χ2v) is 7.59. The van der Waals surface area contributed by atoms with E-state index in [1.807, 2.05) is 17.0 Å². The summed E-state index contributed by atoms with van der Waals surface area (Å²) in [7, 11) is 0. The van der Waals surface area contributed by atoms with Crippen LogP contribution in [0, 0.1) is 11.8 Å². The number of amides is 1. The first-order valence-electron chi connectivity index (χ1n) is 8.75. The fourth-order valence-corrected chi connectivity index (χ4v) is 4.10. The molecule has 26 heavy (non-hydrogen) atoms. The molecule has 2 saturated heterocycles. The molecule has 0 spiro atoms. The molecule has 0 bridgehead atoms. The summed E-state index contributed by atoms with van der Waals surface area (Å²) in [5, 5.41) is 14.2. The van der Waals surface area contributed by atoms with Crippen molar-refractivity contribution in [1.82, 2.24) is 19.6 Å². The van der Waals surface area contributed by atoms with Crippen LogP contribution >= 0.6 is 11.6 Å².